The third kappa shape index (κ3) is 5.28. The van der Waals surface area contributed by atoms with Gasteiger partial charge in [-0.05, 0) is 42.6 Å². The molecule has 0 heterocycles. The maximum Gasteiger partial charge on any atom is 0.0991 e. The van der Waals surface area contributed by atoms with Gasteiger partial charge in [-0.25, -0.2) is 4.39 Å². The minimum Gasteiger partial charge on any atom is -0.212 e. The maximum absolute atomic E-state index is 13.5. The summed E-state index contributed by atoms with van der Waals surface area (Å²) in [6, 6.07) is 0. The highest BCUT2D eigenvalue weighted by molar-refractivity contribution is 5.08. The first-order valence-electron chi connectivity index (χ1n) is 8.32. The van der Waals surface area contributed by atoms with Gasteiger partial charge in [0.15, 0.2) is 0 Å². The highest BCUT2D eigenvalue weighted by atomic mass is 19.1. The van der Waals surface area contributed by atoms with E-state index in [-0.39, 0.29) is 11.7 Å². The fourth-order valence-corrected chi connectivity index (χ4v) is 3.19. The van der Waals surface area contributed by atoms with Crippen LogP contribution in [0.25, 0.3) is 0 Å². The van der Waals surface area contributed by atoms with Crippen molar-refractivity contribution in [1.82, 2.24) is 0 Å². The van der Waals surface area contributed by atoms with Crippen LogP contribution >= 0.6 is 0 Å². The van der Waals surface area contributed by atoms with Gasteiger partial charge in [0.25, 0.3) is 0 Å². The summed E-state index contributed by atoms with van der Waals surface area (Å²) in [5.41, 5.74) is 0. The second kappa shape index (κ2) is 8.07. The van der Waals surface area contributed by atoms with Crippen LogP contribution in [0.3, 0.4) is 0 Å². The average Bonchev–Trinajstić information content (AvgIpc) is 2.72. The Morgan fingerprint density at radius 1 is 1.16 bits per heavy atom. The van der Waals surface area contributed by atoms with Crippen molar-refractivity contribution >= 4 is 0 Å². The Balaban J connectivity index is 2.28. The largest absolute Gasteiger partial charge is 0.212 e. The van der Waals surface area contributed by atoms with Crippen LogP contribution in [0.1, 0.15) is 73.1 Å². The van der Waals surface area contributed by atoms with E-state index in [0.717, 1.165) is 18.3 Å². The molecule has 0 nitrogen and oxygen atoms in total. The molecule has 112 valence electrons. The Morgan fingerprint density at radius 3 is 2.32 bits per heavy atom. The van der Waals surface area contributed by atoms with Gasteiger partial charge < -0.3 is 0 Å². The quantitative estimate of drug-likeness (QED) is 0.479. The van der Waals surface area contributed by atoms with Gasteiger partial charge in [0, 0.05) is 5.92 Å². The fourth-order valence-electron chi connectivity index (χ4n) is 3.19. The van der Waals surface area contributed by atoms with E-state index >= 15 is 0 Å². The molecule has 1 aliphatic carbocycles. The lowest BCUT2D eigenvalue weighted by Crippen LogP contribution is -2.13. The van der Waals surface area contributed by atoms with E-state index in [9.17, 15) is 4.39 Å². The molecule has 0 fully saturated rings. The van der Waals surface area contributed by atoms with Crippen LogP contribution < -0.4 is 0 Å². The molecular weight excluding hydrogens is 235 g/mol. The number of hydrogen-bond donors (Lipinski definition) is 0. The molecule has 1 heteroatoms. The predicted octanol–water partition coefficient (Wildman–Crippen LogP) is 6.37. The van der Waals surface area contributed by atoms with E-state index < -0.39 is 0 Å². The molecule has 0 N–H and O–H groups in total. The Kier molecular flexibility index (Phi) is 7.10. The Morgan fingerprint density at radius 2 is 1.79 bits per heavy atom. The van der Waals surface area contributed by atoms with E-state index in [0.29, 0.717) is 11.8 Å². The molecule has 0 aromatic heterocycles. The molecular formula is C18H33F. The van der Waals surface area contributed by atoms with Crippen molar-refractivity contribution in [2.75, 3.05) is 0 Å². The Labute approximate surface area is 119 Å². The molecule has 0 bridgehead atoms. The lowest BCUT2D eigenvalue weighted by Gasteiger charge is -2.23. The molecule has 0 aromatic rings. The summed E-state index contributed by atoms with van der Waals surface area (Å²) in [6.45, 7) is 11.4. The van der Waals surface area contributed by atoms with Crippen LogP contribution in [-0.2, 0) is 0 Å². The fraction of sp³-hybridized carbons (Fsp3) is 0.889. The molecule has 0 radical (unpaired) electrons. The number of hydrogen-bond acceptors (Lipinski definition) is 0. The second-order valence-corrected chi connectivity index (χ2v) is 7.00. The van der Waals surface area contributed by atoms with Gasteiger partial charge in [-0.15, -0.1) is 0 Å². The highest BCUT2D eigenvalue weighted by Gasteiger charge is 2.27. The third-order valence-electron chi connectivity index (χ3n) is 5.26. The van der Waals surface area contributed by atoms with Crippen LogP contribution in [0.5, 0.6) is 0 Å². The summed E-state index contributed by atoms with van der Waals surface area (Å²) in [5.74, 6) is 3.04. The van der Waals surface area contributed by atoms with E-state index in [1.807, 2.05) is 13.0 Å². The van der Waals surface area contributed by atoms with Crippen molar-refractivity contribution in [1.29, 1.82) is 0 Å². The number of rotatable bonds is 8. The lowest BCUT2D eigenvalue weighted by atomic mass is 9.82. The summed E-state index contributed by atoms with van der Waals surface area (Å²) in [6.07, 6.45) is 9.48. The van der Waals surface area contributed by atoms with Crippen molar-refractivity contribution in [3.8, 4) is 0 Å². The first-order chi connectivity index (χ1) is 8.95. The van der Waals surface area contributed by atoms with Gasteiger partial charge in [-0.3, -0.25) is 0 Å². The molecule has 0 spiro atoms. The second-order valence-electron chi connectivity index (χ2n) is 7.00. The summed E-state index contributed by atoms with van der Waals surface area (Å²) < 4.78 is 13.5. The van der Waals surface area contributed by atoms with Gasteiger partial charge in [0.2, 0.25) is 0 Å². The van der Waals surface area contributed by atoms with Crippen LogP contribution in [0.15, 0.2) is 11.9 Å². The first-order valence-corrected chi connectivity index (χ1v) is 8.32. The van der Waals surface area contributed by atoms with Crippen LogP contribution in [0, 0.1) is 29.6 Å². The Bertz CT molecular complexity index is 281. The van der Waals surface area contributed by atoms with E-state index in [4.69, 9.17) is 0 Å². The molecule has 1 rings (SSSR count). The number of halogens is 1. The maximum atomic E-state index is 13.5. The smallest absolute Gasteiger partial charge is 0.0991 e. The minimum absolute atomic E-state index is 0.126. The van der Waals surface area contributed by atoms with Crippen LogP contribution in [0.4, 0.5) is 4.39 Å². The van der Waals surface area contributed by atoms with Crippen LogP contribution in [-0.4, -0.2) is 0 Å². The summed E-state index contributed by atoms with van der Waals surface area (Å²) in [5, 5.41) is 0. The van der Waals surface area contributed by atoms with Gasteiger partial charge in [0.05, 0.1) is 5.83 Å². The molecule has 19 heavy (non-hydrogen) atoms. The Hall–Kier alpha value is -0.330. The average molecular weight is 268 g/mol. The number of allylic oxidation sites excluding steroid dienone is 2. The first kappa shape index (κ1) is 16.7. The van der Waals surface area contributed by atoms with Gasteiger partial charge >= 0.3 is 0 Å². The minimum atomic E-state index is 0.126. The van der Waals surface area contributed by atoms with Gasteiger partial charge in [-0.1, -0.05) is 60.3 Å². The molecule has 0 saturated heterocycles. The zero-order chi connectivity index (χ0) is 14.4. The van der Waals surface area contributed by atoms with Crippen molar-refractivity contribution < 1.29 is 4.39 Å². The monoisotopic (exact) mass is 268 g/mol. The normalized spacial score (nSPS) is 28.0. The van der Waals surface area contributed by atoms with E-state index in [2.05, 4.69) is 27.7 Å². The standard InChI is InChI=1S/C18H33F/c1-6-7-8-13(2)14(3)9-10-15(4)17-11-16(5)18(19)12-17/h12-17H,6-11H2,1-5H3/t13?,14?,15?,16?,17-/m0/s1. The third-order valence-corrected chi connectivity index (χ3v) is 5.26. The molecule has 0 saturated carbocycles. The van der Waals surface area contributed by atoms with Crippen molar-refractivity contribution in [3.05, 3.63) is 11.9 Å². The van der Waals surface area contributed by atoms with Crippen molar-refractivity contribution in [2.45, 2.75) is 73.1 Å². The topological polar surface area (TPSA) is 0 Å². The van der Waals surface area contributed by atoms with Gasteiger partial charge in [0.1, 0.15) is 0 Å². The summed E-state index contributed by atoms with van der Waals surface area (Å²) >= 11 is 0. The summed E-state index contributed by atoms with van der Waals surface area (Å²) in [4.78, 5) is 0. The molecule has 0 aliphatic heterocycles. The van der Waals surface area contributed by atoms with Gasteiger partial charge in [-0.2, -0.15) is 0 Å². The molecule has 5 atom stereocenters. The van der Waals surface area contributed by atoms with Crippen LogP contribution in [0.2, 0.25) is 0 Å². The molecule has 0 amide bonds. The molecule has 0 aromatic carbocycles. The lowest BCUT2D eigenvalue weighted by molar-refractivity contribution is 0.284. The number of unbranched alkanes of at least 4 members (excludes halogenated alkanes) is 1. The van der Waals surface area contributed by atoms with E-state index in [1.54, 1.807) is 0 Å². The summed E-state index contributed by atoms with van der Waals surface area (Å²) in [7, 11) is 0. The zero-order valence-electron chi connectivity index (χ0n) is 13.6. The van der Waals surface area contributed by atoms with E-state index in [1.165, 1.54) is 32.1 Å². The SMILES string of the molecule is CCCCC(C)C(C)CCC(C)[C@@H]1C=C(F)C(C)C1. The zero-order valence-corrected chi connectivity index (χ0v) is 13.6. The predicted molar refractivity (Wildman–Crippen MR) is 82.7 cm³/mol. The highest BCUT2D eigenvalue weighted by Crippen LogP contribution is 2.37. The molecule has 4 unspecified atom stereocenters. The molecule has 1 aliphatic rings. The van der Waals surface area contributed by atoms with Crippen molar-refractivity contribution in [3.63, 3.8) is 0 Å². The van der Waals surface area contributed by atoms with Crippen molar-refractivity contribution in [2.24, 2.45) is 29.6 Å².